The molecule has 1 fully saturated rings. The fourth-order valence-electron chi connectivity index (χ4n) is 3.43. The molecule has 0 amide bonds. The van der Waals surface area contributed by atoms with Gasteiger partial charge in [-0.05, 0) is 26.3 Å². The van der Waals surface area contributed by atoms with Crippen LogP contribution in [0.1, 0.15) is 51.6 Å². The highest BCUT2D eigenvalue weighted by Crippen LogP contribution is 2.30. The Bertz CT molecular complexity index is 568. The van der Waals surface area contributed by atoms with E-state index in [4.69, 9.17) is 4.98 Å². The van der Waals surface area contributed by atoms with E-state index in [1.165, 1.54) is 43.6 Å². The maximum atomic E-state index is 4.94. The van der Waals surface area contributed by atoms with Gasteiger partial charge in [-0.2, -0.15) is 0 Å². The summed E-state index contributed by atoms with van der Waals surface area (Å²) < 4.78 is 2.26. The Hall–Kier alpha value is -1.07. The predicted molar refractivity (Wildman–Crippen MR) is 90.3 cm³/mol. The first-order chi connectivity index (χ1) is 10.3. The molecule has 2 heterocycles. The van der Waals surface area contributed by atoms with Crippen molar-refractivity contribution in [3.05, 3.63) is 17.3 Å². The minimum atomic E-state index is 0.675. The molecule has 0 radical (unpaired) electrons. The van der Waals surface area contributed by atoms with Crippen molar-refractivity contribution in [2.75, 3.05) is 18.0 Å². The maximum absolute atomic E-state index is 4.94. The van der Waals surface area contributed by atoms with E-state index in [1.54, 1.807) is 11.3 Å². The second-order valence-corrected chi connectivity index (χ2v) is 6.67. The van der Waals surface area contributed by atoms with E-state index in [9.17, 15) is 0 Å². The number of hydrogen-bond acceptors (Lipinski definition) is 4. The number of thiazole rings is 1. The van der Waals surface area contributed by atoms with E-state index < -0.39 is 0 Å². The average molecular weight is 306 g/mol. The molecule has 1 aliphatic carbocycles. The van der Waals surface area contributed by atoms with Crippen molar-refractivity contribution in [3.8, 4) is 0 Å². The second-order valence-electron chi connectivity index (χ2n) is 5.80. The van der Waals surface area contributed by atoms with Gasteiger partial charge in [0.2, 0.25) is 0 Å². The minimum absolute atomic E-state index is 0.675. The molecule has 0 aromatic carbocycles. The summed E-state index contributed by atoms with van der Waals surface area (Å²) in [5.74, 6) is 1.21. The molecule has 0 spiro atoms. The minimum Gasteiger partial charge on any atom is -0.352 e. The van der Waals surface area contributed by atoms with Gasteiger partial charge in [0.1, 0.15) is 0 Å². The average Bonchev–Trinajstić information content (AvgIpc) is 3.09. The normalized spacial score (nSPS) is 16.7. The number of hydrogen-bond donors (Lipinski definition) is 1. The molecule has 1 saturated carbocycles. The SMILES string of the molecule is CCNCc1c(N(CC)C2CCCCC2)nc2sccn12. The fraction of sp³-hybridized carbons (Fsp3) is 0.688. The Kier molecular flexibility index (Phi) is 4.80. The zero-order valence-electron chi connectivity index (χ0n) is 13.1. The Morgan fingerprint density at radius 3 is 2.86 bits per heavy atom. The van der Waals surface area contributed by atoms with Crippen LogP contribution < -0.4 is 10.2 Å². The number of nitrogens with zero attached hydrogens (tertiary/aromatic N) is 3. The molecule has 4 nitrogen and oxygen atoms in total. The molecule has 1 N–H and O–H groups in total. The van der Waals surface area contributed by atoms with Gasteiger partial charge in [-0.3, -0.25) is 4.40 Å². The predicted octanol–water partition coefficient (Wildman–Crippen LogP) is 3.66. The third-order valence-electron chi connectivity index (χ3n) is 4.51. The quantitative estimate of drug-likeness (QED) is 0.884. The highest BCUT2D eigenvalue weighted by molar-refractivity contribution is 7.15. The van der Waals surface area contributed by atoms with E-state index >= 15 is 0 Å². The number of fused-ring (bicyclic) bond motifs is 1. The van der Waals surface area contributed by atoms with E-state index in [1.807, 2.05) is 0 Å². The molecule has 116 valence electrons. The largest absolute Gasteiger partial charge is 0.352 e. The van der Waals surface area contributed by atoms with Gasteiger partial charge in [-0.15, -0.1) is 11.3 Å². The third-order valence-corrected chi connectivity index (χ3v) is 5.27. The molecule has 0 unspecified atom stereocenters. The molecular formula is C16H26N4S. The van der Waals surface area contributed by atoms with Crippen molar-refractivity contribution in [2.24, 2.45) is 0 Å². The number of imidazole rings is 1. The van der Waals surface area contributed by atoms with E-state index in [0.29, 0.717) is 6.04 Å². The Labute approximate surface area is 131 Å². The van der Waals surface area contributed by atoms with Crippen LogP contribution in [0.15, 0.2) is 11.6 Å². The monoisotopic (exact) mass is 306 g/mol. The zero-order valence-corrected chi connectivity index (χ0v) is 14.0. The molecule has 2 aromatic rings. The van der Waals surface area contributed by atoms with E-state index in [0.717, 1.165) is 24.6 Å². The maximum Gasteiger partial charge on any atom is 0.195 e. The number of anilines is 1. The van der Waals surface area contributed by atoms with Crippen molar-refractivity contribution in [3.63, 3.8) is 0 Å². The number of nitrogens with one attached hydrogen (secondary N) is 1. The first-order valence-corrected chi connectivity index (χ1v) is 9.14. The van der Waals surface area contributed by atoms with Gasteiger partial charge >= 0.3 is 0 Å². The van der Waals surface area contributed by atoms with Crippen molar-refractivity contribution in [1.82, 2.24) is 14.7 Å². The summed E-state index contributed by atoms with van der Waals surface area (Å²) in [6.07, 6.45) is 8.92. The van der Waals surface area contributed by atoms with Gasteiger partial charge in [0, 0.05) is 30.7 Å². The molecule has 0 saturated heterocycles. The van der Waals surface area contributed by atoms with Gasteiger partial charge in [-0.1, -0.05) is 26.2 Å². The third kappa shape index (κ3) is 2.94. The van der Waals surface area contributed by atoms with E-state index in [2.05, 4.69) is 40.0 Å². The fourth-order valence-corrected chi connectivity index (χ4v) is 4.16. The van der Waals surface area contributed by atoms with Crippen LogP contribution in [-0.2, 0) is 6.54 Å². The first kappa shape index (κ1) is 14.9. The lowest BCUT2D eigenvalue weighted by Crippen LogP contribution is -2.37. The lowest BCUT2D eigenvalue weighted by atomic mass is 9.94. The second kappa shape index (κ2) is 6.79. The van der Waals surface area contributed by atoms with Crippen LogP contribution in [0, 0.1) is 0 Å². The number of rotatable bonds is 6. The van der Waals surface area contributed by atoms with Gasteiger partial charge in [-0.25, -0.2) is 4.98 Å². The van der Waals surface area contributed by atoms with Crippen LogP contribution in [0.4, 0.5) is 5.82 Å². The molecule has 3 rings (SSSR count). The molecule has 1 aliphatic rings. The molecule has 5 heteroatoms. The van der Waals surface area contributed by atoms with Crippen LogP contribution in [0.25, 0.3) is 4.96 Å². The molecule has 2 aromatic heterocycles. The first-order valence-electron chi connectivity index (χ1n) is 8.27. The Morgan fingerprint density at radius 2 is 2.14 bits per heavy atom. The van der Waals surface area contributed by atoms with Gasteiger partial charge in [0.05, 0.1) is 5.69 Å². The lowest BCUT2D eigenvalue weighted by molar-refractivity contribution is 0.416. The van der Waals surface area contributed by atoms with Crippen molar-refractivity contribution >= 4 is 22.1 Å². The lowest BCUT2D eigenvalue weighted by Gasteiger charge is -2.34. The summed E-state index contributed by atoms with van der Waals surface area (Å²) in [6, 6.07) is 0.675. The smallest absolute Gasteiger partial charge is 0.195 e. The molecular weight excluding hydrogens is 280 g/mol. The summed E-state index contributed by atoms with van der Waals surface area (Å²) in [5.41, 5.74) is 1.32. The van der Waals surface area contributed by atoms with Crippen LogP contribution in [0.2, 0.25) is 0 Å². The van der Waals surface area contributed by atoms with Crippen LogP contribution in [-0.4, -0.2) is 28.5 Å². The summed E-state index contributed by atoms with van der Waals surface area (Å²) in [7, 11) is 0. The van der Waals surface area contributed by atoms with Gasteiger partial charge in [0.25, 0.3) is 0 Å². The summed E-state index contributed by atoms with van der Waals surface area (Å²) in [6.45, 7) is 7.36. The van der Waals surface area contributed by atoms with Gasteiger partial charge in [0.15, 0.2) is 10.8 Å². The van der Waals surface area contributed by atoms with Crippen molar-refractivity contribution in [2.45, 2.75) is 58.5 Å². The molecule has 0 aliphatic heterocycles. The van der Waals surface area contributed by atoms with Crippen molar-refractivity contribution in [1.29, 1.82) is 0 Å². The topological polar surface area (TPSA) is 32.6 Å². The van der Waals surface area contributed by atoms with Crippen LogP contribution >= 0.6 is 11.3 Å². The van der Waals surface area contributed by atoms with Gasteiger partial charge < -0.3 is 10.2 Å². The zero-order chi connectivity index (χ0) is 14.7. The van der Waals surface area contributed by atoms with Crippen molar-refractivity contribution < 1.29 is 0 Å². The highest BCUT2D eigenvalue weighted by Gasteiger charge is 2.25. The highest BCUT2D eigenvalue weighted by atomic mass is 32.1. The van der Waals surface area contributed by atoms with Crippen LogP contribution in [0.5, 0.6) is 0 Å². The molecule has 21 heavy (non-hydrogen) atoms. The summed E-state index contributed by atoms with van der Waals surface area (Å²) in [4.78, 5) is 8.60. The molecule has 0 atom stereocenters. The van der Waals surface area contributed by atoms with Crippen LogP contribution in [0.3, 0.4) is 0 Å². The summed E-state index contributed by atoms with van der Waals surface area (Å²) >= 11 is 1.73. The van der Waals surface area contributed by atoms with E-state index in [-0.39, 0.29) is 0 Å². The Morgan fingerprint density at radius 1 is 1.33 bits per heavy atom. The standard InChI is InChI=1S/C16H26N4S/c1-3-17-12-14-15(18-16-20(14)10-11-21-16)19(4-2)13-8-6-5-7-9-13/h10-11,13,17H,3-9,12H2,1-2H3. The number of aromatic nitrogens is 2. The molecule has 0 bridgehead atoms. The Balaban J connectivity index is 1.93. The summed E-state index contributed by atoms with van der Waals surface area (Å²) in [5, 5.41) is 5.60.